The van der Waals surface area contributed by atoms with Crippen molar-refractivity contribution in [2.45, 2.75) is 43.3 Å². The van der Waals surface area contributed by atoms with E-state index in [1.165, 1.54) is 24.3 Å². The van der Waals surface area contributed by atoms with Gasteiger partial charge in [0.15, 0.2) is 21.5 Å². The summed E-state index contributed by atoms with van der Waals surface area (Å²) in [6.07, 6.45) is 0.961. The van der Waals surface area contributed by atoms with E-state index >= 15 is 0 Å². The lowest BCUT2D eigenvalue weighted by molar-refractivity contribution is -0.128. The molecule has 0 bridgehead atoms. The Hall–Kier alpha value is -2.32. The summed E-state index contributed by atoms with van der Waals surface area (Å²) in [5.74, 6) is -3.51. The minimum absolute atomic E-state index is 0.000293. The standard InChI is InChI=1S/C22H22ClF2NO4S/c1-3-13-9-16(8-12(2)21(13)27)31(29,30)20-10-14(4-6-17(20)23)22(28)26-15-5-7-18(24)19(25)11-15/h4-7,10-13,16H,3,8-9H2,1-2H3,(H,26,28)/t12-,13?,16-/m0/s1. The second-order valence-electron chi connectivity index (χ2n) is 7.78. The van der Waals surface area contributed by atoms with Gasteiger partial charge in [-0.25, -0.2) is 17.2 Å². The number of halogens is 3. The normalized spacial score (nSPS) is 21.7. The number of nitrogens with one attached hydrogen (secondary N) is 1. The van der Waals surface area contributed by atoms with Crippen molar-refractivity contribution in [3.05, 3.63) is 58.6 Å². The lowest BCUT2D eigenvalue weighted by Crippen LogP contribution is -2.38. The van der Waals surface area contributed by atoms with Crippen LogP contribution in [0.4, 0.5) is 14.5 Å². The topological polar surface area (TPSA) is 80.3 Å². The summed E-state index contributed by atoms with van der Waals surface area (Å²) in [4.78, 5) is 24.6. The van der Waals surface area contributed by atoms with Gasteiger partial charge in [0.2, 0.25) is 0 Å². The van der Waals surface area contributed by atoms with E-state index in [0.29, 0.717) is 6.42 Å². The maximum Gasteiger partial charge on any atom is 0.255 e. The first-order chi connectivity index (χ1) is 14.5. The van der Waals surface area contributed by atoms with Crippen LogP contribution in [0.15, 0.2) is 41.3 Å². The summed E-state index contributed by atoms with van der Waals surface area (Å²) in [5.41, 5.74) is 0.0216. The third-order valence-corrected chi connectivity index (χ3v) is 8.32. The summed E-state index contributed by atoms with van der Waals surface area (Å²) in [6.45, 7) is 3.57. The molecule has 2 aromatic carbocycles. The van der Waals surface area contributed by atoms with Crippen LogP contribution in [0.3, 0.4) is 0 Å². The summed E-state index contributed by atoms with van der Waals surface area (Å²) in [5, 5.41) is 1.59. The predicted molar refractivity (Wildman–Crippen MR) is 114 cm³/mol. The van der Waals surface area contributed by atoms with Crippen LogP contribution < -0.4 is 5.32 Å². The molecule has 1 fully saturated rings. The molecule has 166 valence electrons. The van der Waals surface area contributed by atoms with Crippen molar-refractivity contribution < 1.29 is 26.8 Å². The first-order valence-electron chi connectivity index (χ1n) is 9.88. The molecule has 0 heterocycles. The Labute approximate surface area is 184 Å². The largest absolute Gasteiger partial charge is 0.322 e. The molecule has 31 heavy (non-hydrogen) atoms. The van der Waals surface area contributed by atoms with E-state index in [9.17, 15) is 26.8 Å². The molecule has 1 N–H and O–H groups in total. The van der Waals surface area contributed by atoms with Crippen LogP contribution in [0.5, 0.6) is 0 Å². The monoisotopic (exact) mass is 469 g/mol. The van der Waals surface area contributed by atoms with Gasteiger partial charge in [-0.3, -0.25) is 9.59 Å². The van der Waals surface area contributed by atoms with Crippen LogP contribution in [-0.4, -0.2) is 25.4 Å². The van der Waals surface area contributed by atoms with E-state index in [1.807, 2.05) is 6.92 Å². The number of benzene rings is 2. The SMILES string of the molecule is CCC1C[C@@H](S(=O)(=O)c2cc(C(=O)Nc3ccc(F)c(F)c3)ccc2Cl)C[C@H](C)C1=O. The average Bonchev–Trinajstić information content (AvgIpc) is 2.72. The highest BCUT2D eigenvalue weighted by atomic mass is 35.5. The van der Waals surface area contributed by atoms with Crippen molar-refractivity contribution in [1.29, 1.82) is 0 Å². The van der Waals surface area contributed by atoms with Gasteiger partial charge in [0.25, 0.3) is 5.91 Å². The number of rotatable bonds is 5. The third kappa shape index (κ3) is 4.80. The Kier molecular flexibility index (Phi) is 6.81. The van der Waals surface area contributed by atoms with Crippen molar-refractivity contribution in [2.24, 2.45) is 11.8 Å². The highest BCUT2D eigenvalue weighted by Gasteiger charge is 2.40. The van der Waals surface area contributed by atoms with Crippen LogP contribution in [0, 0.1) is 23.5 Å². The van der Waals surface area contributed by atoms with Gasteiger partial charge in [-0.1, -0.05) is 25.4 Å². The molecule has 2 aromatic rings. The van der Waals surface area contributed by atoms with Gasteiger partial charge in [0.05, 0.1) is 15.2 Å². The number of carbonyl (C=O) groups excluding carboxylic acids is 2. The highest BCUT2D eigenvalue weighted by molar-refractivity contribution is 7.92. The maximum absolute atomic E-state index is 13.4. The number of anilines is 1. The Bertz CT molecular complexity index is 1140. The van der Waals surface area contributed by atoms with Crippen molar-refractivity contribution in [3.63, 3.8) is 0 Å². The van der Waals surface area contributed by atoms with Gasteiger partial charge >= 0.3 is 0 Å². The second kappa shape index (κ2) is 9.04. The maximum atomic E-state index is 13.4. The third-order valence-electron chi connectivity index (χ3n) is 5.66. The number of amides is 1. The Morgan fingerprint density at radius 2 is 1.84 bits per heavy atom. The molecule has 1 aliphatic rings. The van der Waals surface area contributed by atoms with Gasteiger partial charge in [0, 0.05) is 29.2 Å². The van der Waals surface area contributed by atoms with Gasteiger partial charge in [0.1, 0.15) is 5.78 Å². The molecule has 3 atom stereocenters. The fourth-order valence-corrected chi connectivity index (χ4v) is 6.34. The second-order valence-corrected chi connectivity index (χ2v) is 10.4. The van der Waals surface area contributed by atoms with Crippen LogP contribution in [0.25, 0.3) is 0 Å². The molecule has 1 aliphatic carbocycles. The van der Waals surface area contributed by atoms with Crippen LogP contribution in [-0.2, 0) is 14.6 Å². The number of hydrogen-bond donors (Lipinski definition) is 1. The molecule has 0 spiro atoms. The van der Waals surface area contributed by atoms with Crippen molar-refractivity contribution in [3.8, 4) is 0 Å². The Morgan fingerprint density at radius 3 is 2.48 bits per heavy atom. The van der Waals surface area contributed by atoms with E-state index in [-0.39, 0.29) is 51.6 Å². The van der Waals surface area contributed by atoms with E-state index < -0.39 is 32.6 Å². The fourth-order valence-electron chi connectivity index (χ4n) is 3.88. The highest BCUT2D eigenvalue weighted by Crippen LogP contribution is 2.37. The molecule has 0 aliphatic heterocycles. The van der Waals surface area contributed by atoms with Crippen LogP contribution in [0.1, 0.15) is 43.5 Å². The Morgan fingerprint density at radius 1 is 1.13 bits per heavy atom. The smallest absolute Gasteiger partial charge is 0.255 e. The number of hydrogen-bond acceptors (Lipinski definition) is 4. The van der Waals surface area contributed by atoms with Gasteiger partial charge < -0.3 is 5.32 Å². The minimum Gasteiger partial charge on any atom is -0.322 e. The molecular weight excluding hydrogens is 448 g/mol. The lowest BCUT2D eigenvalue weighted by Gasteiger charge is -2.31. The molecule has 0 aromatic heterocycles. The molecule has 1 saturated carbocycles. The zero-order chi connectivity index (χ0) is 22.9. The number of carbonyl (C=O) groups is 2. The summed E-state index contributed by atoms with van der Waals surface area (Å²) >= 11 is 6.17. The quantitative estimate of drug-likeness (QED) is 0.665. The van der Waals surface area contributed by atoms with Crippen molar-refractivity contribution in [2.75, 3.05) is 5.32 Å². The number of ketones is 1. The molecule has 1 unspecified atom stereocenters. The van der Waals surface area contributed by atoms with E-state index in [4.69, 9.17) is 11.6 Å². The molecule has 0 radical (unpaired) electrons. The van der Waals surface area contributed by atoms with Gasteiger partial charge in [-0.05, 0) is 49.6 Å². The first-order valence-corrected chi connectivity index (χ1v) is 11.8. The first kappa shape index (κ1) is 23.3. The van der Waals surface area contributed by atoms with Crippen LogP contribution >= 0.6 is 11.6 Å². The Balaban J connectivity index is 1.90. The molecule has 9 heteroatoms. The van der Waals surface area contributed by atoms with E-state index in [0.717, 1.165) is 12.1 Å². The van der Waals surface area contributed by atoms with Gasteiger partial charge in [-0.15, -0.1) is 0 Å². The van der Waals surface area contributed by atoms with Gasteiger partial charge in [-0.2, -0.15) is 0 Å². The van der Waals surface area contributed by atoms with E-state index in [1.54, 1.807) is 6.92 Å². The van der Waals surface area contributed by atoms with Crippen LogP contribution in [0.2, 0.25) is 5.02 Å². The molecule has 0 saturated heterocycles. The minimum atomic E-state index is -3.91. The zero-order valence-electron chi connectivity index (χ0n) is 17.0. The fraction of sp³-hybridized carbons (Fsp3) is 0.364. The predicted octanol–water partition coefficient (Wildman–Crippen LogP) is 5.04. The summed E-state index contributed by atoms with van der Waals surface area (Å²) in [7, 11) is -3.91. The van der Waals surface area contributed by atoms with Crippen molar-refractivity contribution >= 4 is 38.8 Å². The summed E-state index contributed by atoms with van der Waals surface area (Å²) in [6, 6.07) is 6.72. The molecule has 3 rings (SSSR count). The molecule has 5 nitrogen and oxygen atoms in total. The lowest BCUT2D eigenvalue weighted by atomic mass is 9.79. The van der Waals surface area contributed by atoms with E-state index in [2.05, 4.69) is 5.32 Å². The molecule has 1 amide bonds. The average molecular weight is 470 g/mol. The van der Waals surface area contributed by atoms with Crippen molar-refractivity contribution in [1.82, 2.24) is 0 Å². The summed E-state index contributed by atoms with van der Waals surface area (Å²) < 4.78 is 53.1. The molecular formula is C22H22ClF2NO4S. The number of sulfone groups is 1. The number of Topliss-reactive ketones (excluding diaryl/α,β-unsaturated/α-hetero) is 1. The zero-order valence-corrected chi connectivity index (χ0v) is 18.6.